The molecule has 2 amide bonds. The maximum absolute atomic E-state index is 13.0. The Morgan fingerprint density at radius 2 is 1.70 bits per heavy atom. The van der Waals surface area contributed by atoms with Crippen molar-refractivity contribution in [1.82, 2.24) is 19.3 Å². The molecule has 12 heteroatoms. The zero-order valence-corrected chi connectivity index (χ0v) is 20.7. The molecular weight excluding hydrogens is 466 g/mol. The molecule has 2 fully saturated rings. The van der Waals surface area contributed by atoms with Gasteiger partial charge in [0.05, 0.1) is 5.69 Å². The van der Waals surface area contributed by atoms with Gasteiger partial charge in [-0.15, -0.1) is 11.3 Å². The summed E-state index contributed by atoms with van der Waals surface area (Å²) in [5.74, 6) is -0.0548. The van der Waals surface area contributed by atoms with Gasteiger partial charge in [0.15, 0.2) is 10.9 Å². The minimum Gasteiger partial charge on any atom is -0.360 e. The molecule has 0 atom stereocenters. The van der Waals surface area contributed by atoms with Gasteiger partial charge < -0.3 is 14.7 Å². The van der Waals surface area contributed by atoms with Gasteiger partial charge in [-0.05, 0) is 46.5 Å². The SMILES string of the molecule is Cc1csc(NC(=O)C2CCN(C(=O)C3CCN(S(=O)(=O)c4c(C)noc4C)CC3)CC2)n1. The van der Waals surface area contributed by atoms with Crippen LogP contribution in [0.4, 0.5) is 5.13 Å². The van der Waals surface area contributed by atoms with Gasteiger partial charge in [-0.1, -0.05) is 5.16 Å². The Kier molecular flexibility index (Phi) is 6.87. The number of nitrogens with one attached hydrogen (secondary N) is 1. The molecule has 1 N–H and O–H groups in total. The Hall–Kier alpha value is -2.31. The second-order valence-electron chi connectivity index (χ2n) is 8.71. The van der Waals surface area contributed by atoms with Gasteiger partial charge in [-0.25, -0.2) is 13.4 Å². The van der Waals surface area contributed by atoms with Crippen LogP contribution in [0.3, 0.4) is 0 Å². The van der Waals surface area contributed by atoms with Crippen LogP contribution in [0.25, 0.3) is 0 Å². The van der Waals surface area contributed by atoms with Crippen molar-refractivity contribution < 1.29 is 22.5 Å². The van der Waals surface area contributed by atoms with Crippen LogP contribution in [0.2, 0.25) is 0 Å². The van der Waals surface area contributed by atoms with Gasteiger partial charge in [0.1, 0.15) is 10.6 Å². The normalized spacial score (nSPS) is 19.1. The van der Waals surface area contributed by atoms with Crippen molar-refractivity contribution in [3.8, 4) is 0 Å². The number of amides is 2. The molecule has 0 unspecified atom stereocenters. The Bertz CT molecular complexity index is 1110. The van der Waals surface area contributed by atoms with Gasteiger partial charge in [-0.3, -0.25) is 9.59 Å². The molecule has 0 spiro atoms. The van der Waals surface area contributed by atoms with Crippen LogP contribution < -0.4 is 5.32 Å². The van der Waals surface area contributed by atoms with Gasteiger partial charge in [0.2, 0.25) is 21.8 Å². The van der Waals surface area contributed by atoms with E-state index in [0.29, 0.717) is 49.6 Å². The molecule has 2 aliphatic rings. The summed E-state index contributed by atoms with van der Waals surface area (Å²) in [5.41, 5.74) is 1.23. The Labute approximate surface area is 197 Å². The number of sulfonamides is 1. The minimum atomic E-state index is -3.69. The maximum Gasteiger partial charge on any atom is 0.248 e. The van der Waals surface area contributed by atoms with E-state index in [1.807, 2.05) is 17.2 Å². The molecule has 2 aliphatic heterocycles. The van der Waals surface area contributed by atoms with E-state index in [9.17, 15) is 18.0 Å². The second kappa shape index (κ2) is 9.51. The number of aryl methyl sites for hydroxylation is 3. The third-order valence-electron chi connectivity index (χ3n) is 6.40. The molecule has 2 aromatic heterocycles. The quantitative estimate of drug-likeness (QED) is 0.675. The van der Waals surface area contributed by atoms with E-state index in [1.165, 1.54) is 15.6 Å². The fourth-order valence-corrected chi connectivity index (χ4v) is 7.01. The molecule has 2 saturated heterocycles. The average molecular weight is 496 g/mol. The smallest absolute Gasteiger partial charge is 0.248 e. The lowest BCUT2D eigenvalue weighted by molar-refractivity contribution is -0.139. The first-order chi connectivity index (χ1) is 15.7. The van der Waals surface area contributed by atoms with Crippen LogP contribution in [-0.4, -0.2) is 65.8 Å². The molecule has 2 aromatic rings. The lowest BCUT2D eigenvalue weighted by atomic mass is 9.92. The number of hydrogen-bond donors (Lipinski definition) is 1. The molecule has 180 valence electrons. The van der Waals surface area contributed by atoms with Gasteiger partial charge in [0, 0.05) is 43.4 Å². The molecule has 0 bridgehead atoms. The summed E-state index contributed by atoms with van der Waals surface area (Å²) >= 11 is 1.41. The van der Waals surface area contributed by atoms with Crippen molar-refractivity contribution in [2.75, 3.05) is 31.5 Å². The molecule has 0 radical (unpaired) electrons. The number of likely N-dealkylation sites (tertiary alicyclic amines) is 1. The minimum absolute atomic E-state index is 0.0470. The number of aromatic nitrogens is 2. The average Bonchev–Trinajstić information content (AvgIpc) is 3.37. The number of carbonyl (C=O) groups excluding carboxylic acids is 2. The van der Waals surface area contributed by atoms with Crippen LogP contribution in [0.1, 0.15) is 42.8 Å². The fraction of sp³-hybridized carbons (Fsp3) is 0.619. The highest BCUT2D eigenvalue weighted by Crippen LogP contribution is 2.29. The van der Waals surface area contributed by atoms with Crippen molar-refractivity contribution in [3.05, 3.63) is 22.5 Å². The lowest BCUT2D eigenvalue weighted by Gasteiger charge is -2.36. The first-order valence-corrected chi connectivity index (χ1v) is 13.4. The summed E-state index contributed by atoms with van der Waals surface area (Å²) in [6, 6.07) is 0. The van der Waals surface area contributed by atoms with Crippen LogP contribution >= 0.6 is 11.3 Å². The maximum atomic E-state index is 13.0. The highest BCUT2D eigenvalue weighted by atomic mass is 32.2. The number of nitrogens with zero attached hydrogens (tertiary/aromatic N) is 4. The first-order valence-electron chi connectivity index (χ1n) is 11.1. The molecule has 0 aromatic carbocycles. The molecule has 0 saturated carbocycles. The third kappa shape index (κ3) is 4.97. The van der Waals surface area contributed by atoms with E-state index in [1.54, 1.807) is 13.8 Å². The number of hydrogen-bond acceptors (Lipinski definition) is 8. The van der Waals surface area contributed by atoms with Crippen molar-refractivity contribution in [3.63, 3.8) is 0 Å². The van der Waals surface area contributed by atoms with Gasteiger partial charge in [-0.2, -0.15) is 4.31 Å². The Balaban J connectivity index is 1.28. The first kappa shape index (κ1) is 23.8. The van der Waals surface area contributed by atoms with Crippen molar-refractivity contribution in [2.24, 2.45) is 11.8 Å². The van der Waals surface area contributed by atoms with Crippen LogP contribution in [0.5, 0.6) is 0 Å². The molecule has 33 heavy (non-hydrogen) atoms. The van der Waals surface area contributed by atoms with Gasteiger partial charge >= 0.3 is 0 Å². The van der Waals surface area contributed by atoms with E-state index < -0.39 is 10.0 Å². The fourth-order valence-electron chi connectivity index (χ4n) is 4.55. The third-order valence-corrected chi connectivity index (χ3v) is 9.41. The summed E-state index contributed by atoms with van der Waals surface area (Å²) in [7, 11) is -3.69. The van der Waals surface area contributed by atoms with Crippen molar-refractivity contribution in [2.45, 2.75) is 51.3 Å². The number of thiazole rings is 1. The summed E-state index contributed by atoms with van der Waals surface area (Å²) in [6.07, 6.45) is 2.18. The zero-order valence-electron chi connectivity index (χ0n) is 19.0. The summed E-state index contributed by atoms with van der Waals surface area (Å²) in [6.45, 7) is 6.72. The number of rotatable bonds is 5. The number of anilines is 1. The van der Waals surface area contributed by atoms with E-state index >= 15 is 0 Å². The predicted octanol–water partition coefficient (Wildman–Crippen LogP) is 2.33. The van der Waals surface area contributed by atoms with Crippen molar-refractivity contribution in [1.29, 1.82) is 0 Å². The zero-order chi connectivity index (χ0) is 23.8. The topological polar surface area (TPSA) is 126 Å². The van der Waals surface area contributed by atoms with Crippen LogP contribution in [-0.2, 0) is 19.6 Å². The largest absolute Gasteiger partial charge is 0.360 e. The lowest BCUT2D eigenvalue weighted by Crippen LogP contribution is -2.47. The van der Waals surface area contributed by atoms with Gasteiger partial charge in [0.25, 0.3) is 0 Å². The Morgan fingerprint density at radius 3 is 2.24 bits per heavy atom. The summed E-state index contributed by atoms with van der Waals surface area (Å²) < 4.78 is 32.4. The standard InChI is InChI=1S/C21H29N5O5S2/c1-13-12-32-21(22-13)23-19(27)16-4-8-25(9-5-16)20(28)17-6-10-26(11-7-17)33(29,30)18-14(2)24-31-15(18)3/h12,16-17H,4-11H2,1-3H3,(H,22,23,27). The molecular formula is C21H29N5O5S2. The van der Waals surface area contributed by atoms with Crippen LogP contribution in [0.15, 0.2) is 14.8 Å². The van der Waals surface area contributed by atoms with E-state index in [4.69, 9.17) is 4.52 Å². The number of piperidine rings is 2. The van der Waals surface area contributed by atoms with Crippen LogP contribution in [0, 0.1) is 32.6 Å². The summed E-state index contributed by atoms with van der Waals surface area (Å²) in [4.78, 5) is 31.8. The van der Waals surface area contributed by atoms with E-state index in [-0.39, 0.29) is 47.4 Å². The molecule has 4 rings (SSSR count). The summed E-state index contributed by atoms with van der Waals surface area (Å²) in [5, 5.41) is 9.12. The highest BCUT2D eigenvalue weighted by molar-refractivity contribution is 7.89. The predicted molar refractivity (Wildman–Crippen MR) is 122 cm³/mol. The molecule has 10 nitrogen and oxygen atoms in total. The second-order valence-corrected chi connectivity index (χ2v) is 11.4. The Morgan fingerprint density at radius 1 is 1.06 bits per heavy atom. The highest BCUT2D eigenvalue weighted by Gasteiger charge is 2.37. The number of carbonyl (C=O) groups is 2. The van der Waals surface area contributed by atoms with Crippen molar-refractivity contribution >= 4 is 38.3 Å². The monoisotopic (exact) mass is 495 g/mol. The van der Waals surface area contributed by atoms with E-state index in [2.05, 4.69) is 15.5 Å². The van der Waals surface area contributed by atoms with E-state index in [0.717, 1.165) is 5.69 Å². The molecule has 4 heterocycles. The molecule has 0 aliphatic carbocycles.